The zero-order chi connectivity index (χ0) is 16.6. The Bertz CT molecular complexity index is 519. The molecule has 0 aromatic heterocycles. The highest BCUT2D eigenvalue weighted by atomic mass is 16.3. The second-order valence-corrected chi connectivity index (χ2v) is 9.49. The number of rotatable bonds is 0. The Balaban J connectivity index is 1.73. The van der Waals surface area contributed by atoms with Gasteiger partial charge in [0.1, 0.15) is 5.78 Å². The molecule has 0 aromatic rings. The van der Waals surface area contributed by atoms with Gasteiger partial charge in [0.25, 0.3) is 0 Å². The molecule has 4 aliphatic rings. The van der Waals surface area contributed by atoms with E-state index in [1.807, 2.05) is 0 Å². The first-order valence-corrected chi connectivity index (χ1v) is 9.31. The van der Waals surface area contributed by atoms with Crippen molar-refractivity contribution in [1.29, 1.82) is 0 Å². The van der Waals surface area contributed by atoms with E-state index in [0.29, 0.717) is 31.5 Å². The SMILES string of the molecule is C[C@]12CC(=O)[C@@H]3[C@@H]([C@H](O)C[C@H]4C[C@@H](O)CC[C@@]43C)[C@@H]1C[C@H](O)C2. The number of fused-ring (bicyclic) bond motifs is 5. The number of ketones is 1. The maximum absolute atomic E-state index is 13.1. The summed E-state index contributed by atoms with van der Waals surface area (Å²) in [4.78, 5) is 13.1. The molecule has 4 aliphatic carbocycles. The van der Waals surface area contributed by atoms with E-state index in [1.165, 1.54) is 0 Å². The van der Waals surface area contributed by atoms with Gasteiger partial charge >= 0.3 is 0 Å². The highest BCUT2D eigenvalue weighted by molar-refractivity contribution is 5.84. The molecule has 4 heteroatoms. The number of aliphatic hydroxyl groups is 3. The molecule has 0 bridgehead atoms. The summed E-state index contributed by atoms with van der Waals surface area (Å²) in [5.74, 6) is 0.689. The average Bonchev–Trinajstić information content (AvgIpc) is 2.74. The zero-order valence-corrected chi connectivity index (χ0v) is 14.2. The van der Waals surface area contributed by atoms with Gasteiger partial charge in [-0.05, 0) is 67.1 Å². The molecule has 0 amide bonds. The van der Waals surface area contributed by atoms with Gasteiger partial charge in [0.05, 0.1) is 18.3 Å². The van der Waals surface area contributed by atoms with Crippen molar-refractivity contribution in [3.05, 3.63) is 0 Å². The number of carbonyl (C=O) groups is 1. The Labute approximate surface area is 138 Å². The number of hydrogen-bond acceptors (Lipinski definition) is 4. The molecule has 23 heavy (non-hydrogen) atoms. The molecule has 0 saturated heterocycles. The standard InChI is InChI=1S/C19H30O4/c1-18-8-12(21)7-13(18)16-14(22)6-10-5-11(20)3-4-19(10,2)17(16)15(23)9-18/h10-14,16-17,20-22H,3-9H2,1-2H3/t10-,11+,12+,13+,14-,16-,17-,18+,19+/m1/s1. The molecule has 4 fully saturated rings. The van der Waals surface area contributed by atoms with Crippen molar-refractivity contribution in [2.45, 2.75) is 77.1 Å². The highest BCUT2D eigenvalue weighted by Gasteiger charge is 2.64. The largest absolute Gasteiger partial charge is 0.393 e. The molecule has 4 rings (SSSR count). The fourth-order valence-electron chi connectivity index (χ4n) is 7.05. The van der Waals surface area contributed by atoms with Crippen molar-refractivity contribution in [1.82, 2.24) is 0 Å². The summed E-state index contributed by atoms with van der Waals surface area (Å²) in [6, 6.07) is 0. The van der Waals surface area contributed by atoms with Crippen molar-refractivity contribution in [2.75, 3.05) is 0 Å². The monoisotopic (exact) mass is 322 g/mol. The summed E-state index contributed by atoms with van der Waals surface area (Å²) in [7, 11) is 0. The Hall–Kier alpha value is -0.450. The maximum atomic E-state index is 13.1. The maximum Gasteiger partial charge on any atom is 0.137 e. The molecule has 0 aliphatic heterocycles. The van der Waals surface area contributed by atoms with Crippen LogP contribution >= 0.6 is 0 Å². The molecule has 0 aromatic carbocycles. The van der Waals surface area contributed by atoms with Gasteiger partial charge in [-0.25, -0.2) is 0 Å². The number of aliphatic hydroxyl groups excluding tert-OH is 3. The van der Waals surface area contributed by atoms with E-state index in [0.717, 1.165) is 19.3 Å². The molecule has 3 N–H and O–H groups in total. The highest BCUT2D eigenvalue weighted by Crippen LogP contribution is 2.65. The third-order valence-electron chi connectivity index (χ3n) is 8.08. The Morgan fingerprint density at radius 3 is 2.52 bits per heavy atom. The van der Waals surface area contributed by atoms with Crippen molar-refractivity contribution in [3.8, 4) is 0 Å². The minimum atomic E-state index is -0.470. The number of carbonyl (C=O) groups excluding carboxylic acids is 1. The summed E-state index contributed by atoms with van der Waals surface area (Å²) in [6.45, 7) is 4.35. The predicted molar refractivity (Wildman–Crippen MR) is 85.5 cm³/mol. The van der Waals surface area contributed by atoms with Crippen molar-refractivity contribution in [3.63, 3.8) is 0 Å². The molecule has 9 atom stereocenters. The molecule has 0 radical (unpaired) electrons. The fraction of sp³-hybridized carbons (Fsp3) is 0.947. The molecule has 0 unspecified atom stereocenters. The summed E-state index contributed by atoms with van der Waals surface area (Å²) in [6.07, 6.45) is 3.95. The minimum absolute atomic E-state index is 0.00473. The Morgan fingerprint density at radius 1 is 1.04 bits per heavy atom. The van der Waals surface area contributed by atoms with Crippen molar-refractivity contribution < 1.29 is 20.1 Å². The van der Waals surface area contributed by atoms with E-state index in [4.69, 9.17) is 0 Å². The van der Waals surface area contributed by atoms with Crippen LogP contribution in [0, 0.1) is 34.5 Å². The van der Waals surface area contributed by atoms with Crippen LogP contribution in [0.3, 0.4) is 0 Å². The lowest BCUT2D eigenvalue weighted by Gasteiger charge is -2.60. The second kappa shape index (κ2) is 5.03. The van der Waals surface area contributed by atoms with Gasteiger partial charge in [0, 0.05) is 12.3 Å². The zero-order valence-electron chi connectivity index (χ0n) is 14.2. The minimum Gasteiger partial charge on any atom is -0.393 e. The fourth-order valence-corrected chi connectivity index (χ4v) is 7.05. The van der Waals surface area contributed by atoms with Crippen LogP contribution in [0.4, 0.5) is 0 Å². The lowest BCUT2D eigenvalue weighted by molar-refractivity contribution is -0.179. The Kier molecular flexibility index (Phi) is 3.51. The first-order chi connectivity index (χ1) is 10.7. The summed E-state index contributed by atoms with van der Waals surface area (Å²) < 4.78 is 0. The van der Waals surface area contributed by atoms with Gasteiger partial charge in [0.15, 0.2) is 0 Å². The smallest absolute Gasteiger partial charge is 0.137 e. The molecule has 0 spiro atoms. The summed E-state index contributed by atoms with van der Waals surface area (Å²) in [5.41, 5.74) is -0.231. The molecule has 4 saturated carbocycles. The normalized spacial score (nSPS) is 59.2. The summed E-state index contributed by atoms with van der Waals surface area (Å²) in [5, 5.41) is 31.1. The van der Waals surface area contributed by atoms with E-state index in [9.17, 15) is 20.1 Å². The molecule has 4 nitrogen and oxygen atoms in total. The van der Waals surface area contributed by atoms with Crippen molar-refractivity contribution in [2.24, 2.45) is 34.5 Å². The molecular weight excluding hydrogens is 292 g/mol. The van der Waals surface area contributed by atoms with Gasteiger partial charge in [-0.2, -0.15) is 0 Å². The van der Waals surface area contributed by atoms with Crippen LogP contribution in [0.25, 0.3) is 0 Å². The van der Waals surface area contributed by atoms with Gasteiger partial charge in [-0.1, -0.05) is 13.8 Å². The Morgan fingerprint density at radius 2 is 1.78 bits per heavy atom. The van der Waals surface area contributed by atoms with Crippen molar-refractivity contribution >= 4 is 5.78 Å². The predicted octanol–water partition coefficient (Wildman–Crippen LogP) is 1.90. The topological polar surface area (TPSA) is 77.8 Å². The first-order valence-electron chi connectivity index (χ1n) is 9.31. The average molecular weight is 322 g/mol. The third kappa shape index (κ3) is 2.17. The quantitative estimate of drug-likeness (QED) is 0.636. The summed E-state index contributed by atoms with van der Waals surface area (Å²) >= 11 is 0. The number of Topliss-reactive ketones (excluding diaryl/α,β-unsaturated/α-hetero) is 1. The first kappa shape index (κ1) is 16.0. The lowest BCUT2D eigenvalue weighted by Crippen LogP contribution is -2.61. The lowest BCUT2D eigenvalue weighted by atomic mass is 9.44. The van der Waals surface area contributed by atoms with Crippen LogP contribution in [0.5, 0.6) is 0 Å². The van der Waals surface area contributed by atoms with E-state index < -0.39 is 6.10 Å². The van der Waals surface area contributed by atoms with Crippen LogP contribution in [0.15, 0.2) is 0 Å². The van der Waals surface area contributed by atoms with E-state index in [1.54, 1.807) is 0 Å². The second-order valence-electron chi connectivity index (χ2n) is 9.49. The van der Waals surface area contributed by atoms with Gasteiger partial charge < -0.3 is 15.3 Å². The van der Waals surface area contributed by atoms with E-state index in [2.05, 4.69) is 13.8 Å². The molecular formula is C19H30O4. The van der Waals surface area contributed by atoms with Gasteiger partial charge in [-0.15, -0.1) is 0 Å². The van der Waals surface area contributed by atoms with Gasteiger partial charge in [0.2, 0.25) is 0 Å². The number of hydrogen-bond donors (Lipinski definition) is 3. The molecule has 0 heterocycles. The third-order valence-corrected chi connectivity index (χ3v) is 8.08. The molecule has 130 valence electrons. The van der Waals surface area contributed by atoms with Crippen LogP contribution < -0.4 is 0 Å². The van der Waals surface area contributed by atoms with E-state index in [-0.39, 0.29) is 46.7 Å². The van der Waals surface area contributed by atoms with E-state index >= 15 is 0 Å². The van der Waals surface area contributed by atoms with Crippen LogP contribution in [0.1, 0.15) is 58.8 Å². The van der Waals surface area contributed by atoms with Crippen LogP contribution in [-0.4, -0.2) is 39.4 Å². The van der Waals surface area contributed by atoms with Gasteiger partial charge in [-0.3, -0.25) is 4.79 Å². The van der Waals surface area contributed by atoms with Crippen LogP contribution in [0.2, 0.25) is 0 Å². The van der Waals surface area contributed by atoms with Crippen LogP contribution in [-0.2, 0) is 4.79 Å².